The minimum absolute atomic E-state index is 0.259. The van der Waals surface area contributed by atoms with Crippen LogP contribution in [0.5, 0.6) is 0 Å². The minimum atomic E-state index is -0.259. The van der Waals surface area contributed by atoms with Crippen LogP contribution in [0.3, 0.4) is 0 Å². The van der Waals surface area contributed by atoms with Gasteiger partial charge in [-0.3, -0.25) is 9.78 Å². The molecule has 7 nitrogen and oxygen atoms in total. The van der Waals surface area contributed by atoms with Crippen molar-refractivity contribution in [3.8, 4) is 0 Å². The van der Waals surface area contributed by atoms with Gasteiger partial charge in [0.25, 0.3) is 5.91 Å². The zero-order valence-electron chi connectivity index (χ0n) is 16.4. The summed E-state index contributed by atoms with van der Waals surface area (Å²) in [7, 11) is 0. The van der Waals surface area contributed by atoms with E-state index < -0.39 is 0 Å². The highest BCUT2D eigenvalue weighted by atomic mass is 16.1. The molecular weight excluding hydrogens is 364 g/mol. The summed E-state index contributed by atoms with van der Waals surface area (Å²) < 4.78 is 0. The van der Waals surface area contributed by atoms with Gasteiger partial charge >= 0.3 is 0 Å². The van der Waals surface area contributed by atoms with Crippen molar-refractivity contribution in [3.05, 3.63) is 71.9 Å². The van der Waals surface area contributed by atoms with E-state index in [1.165, 1.54) is 18.5 Å². The Morgan fingerprint density at radius 1 is 1.07 bits per heavy atom. The lowest BCUT2D eigenvalue weighted by Crippen LogP contribution is -2.18. The number of aromatic nitrogens is 3. The molecule has 0 spiro atoms. The molecule has 0 unspecified atom stereocenters. The highest BCUT2D eigenvalue weighted by Gasteiger charge is 2.14. The second kappa shape index (κ2) is 8.68. The monoisotopic (exact) mass is 388 g/mol. The first-order chi connectivity index (χ1) is 14.2. The second-order valence-electron chi connectivity index (χ2n) is 7.06. The zero-order chi connectivity index (χ0) is 20.1. The fourth-order valence-electron chi connectivity index (χ4n) is 3.38. The van der Waals surface area contributed by atoms with Crippen LogP contribution in [-0.2, 0) is 6.54 Å². The summed E-state index contributed by atoms with van der Waals surface area (Å²) in [4.78, 5) is 28.0. The number of carbonyl (C=O) groups is 1. The fraction of sp³-hybridized carbons (Fsp3) is 0.273. The van der Waals surface area contributed by atoms with Crippen LogP contribution in [-0.4, -0.2) is 33.9 Å². The Kier molecular flexibility index (Phi) is 5.65. The molecule has 2 aromatic heterocycles. The number of amides is 1. The molecule has 2 N–H and O–H groups in total. The maximum absolute atomic E-state index is 12.7. The van der Waals surface area contributed by atoms with Gasteiger partial charge in [-0.15, -0.1) is 0 Å². The normalized spacial score (nSPS) is 13.3. The molecule has 148 valence electrons. The molecule has 4 rings (SSSR count). The van der Waals surface area contributed by atoms with Gasteiger partial charge in [-0.05, 0) is 56.2 Å². The third-order valence-electron chi connectivity index (χ3n) is 4.84. The number of rotatable bonds is 6. The SMILES string of the molecule is Cc1nc(NCc2ccccn2)cc(C(=O)Nc2ccc(N3CCCC3)cc2)n1. The van der Waals surface area contributed by atoms with Crippen LogP contribution >= 0.6 is 0 Å². The van der Waals surface area contributed by atoms with E-state index in [2.05, 4.69) is 30.5 Å². The topological polar surface area (TPSA) is 83.0 Å². The van der Waals surface area contributed by atoms with Crippen molar-refractivity contribution < 1.29 is 4.79 Å². The lowest BCUT2D eigenvalue weighted by Gasteiger charge is -2.17. The quantitative estimate of drug-likeness (QED) is 0.671. The molecule has 3 aromatic rings. The molecule has 1 saturated heterocycles. The average molecular weight is 388 g/mol. The number of anilines is 3. The van der Waals surface area contributed by atoms with Gasteiger partial charge in [0.2, 0.25) is 0 Å². The second-order valence-corrected chi connectivity index (χ2v) is 7.06. The molecule has 1 fully saturated rings. The molecule has 0 bridgehead atoms. The molecule has 3 heterocycles. The van der Waals surface area contributed by atoms with Gasteiger partial charge in [0.1, 0.15) is 17.3 Å². The lowest BCUT2D eigenvalue weighted by atomic mass is 10.2. The fourth-order valence-corrected chi connectivity index (χ4v) is 3.38. The standard InChI is InChI=1S/C22H24N6O/c1-16-25-20(14-21(26-16)24-15-18-6-2-3-11-23-18)22(29)27-17-7-9-19(10-8-17)28-12-4-5-13-28/h2-3,6-11,14H,4-5,12-13,15H2,1H3,(H,27,29)(H,24,25,26). The number of carbonyl (C=O) groups excluding carboxylic acids is 1. The van der Waals surface area contributed by atoms with Crippen LogP contribution < -0.4 is 15.5 Å². The molecule has 29 heavy (non-hydrogen) atoms. The Hall–Kier alpha value is -3.48. The van der Waals surface area contributed by atoms with Crippen LogP contribution in [0.25, 0.3) is 0 Å². The first-order valence-corrected chi connectivity index (χ1v) is 9.83. The number of aryl methyl sites for hydroxylation is 1. The summed E-state index contributed by atoms with van der Waals surface area (Å²) in [6.07, 6.45) is 4.22. The molecule has 0 saturated carbocycles. The minimum Gasteiger partial charge on any atom is -0.372 e. The summed E-state index contributed by atoms with van der Waals surface area (Å²) >= 11 is 0. The Labute approximate surface area is 170 Å². The van der Waals surface area contributed by atoms with Crippen LogP contribution in [0, 0.1) is 6.92 Å². The van der Waals surface area contributed by atoms with Crippen LogP contribution in [0.15, 0.2) is 54.7 Å². The average Bonchev–Trinajstić information content (AvgIpc) is 3.28. The molecule has 1 amide bonds. The Balaban J connectivity index is 1.42. The first kappa shape index (κ1) is 18.9. The van der Waals surface area contributed by atoms with E-state index in [1.807, 2.05) is 42.5 Å². The number of benzene rings is 1. The Morgan fingerprint density at radius 2 is 1.86 bits per heavy atom. The maximum atomic E-state index is 12.7. The van der Waals surface area contributed by atoms with Gasteiger partial charge in [-0.2, -0.15) is 0 Å². The number of hydrogen-bond acceptors (Lipinski definition) is 6. The summed E-state index contributed by atoms with van der Waals surface area (Å²) in [5, 5.41) is 6.12. The maximum Gasteiger partial charge on any atom is 0.274 e. The van der Waals surface area contributed by atoms with Crippen molar-refractivity contribution >= 4 is 23.1 Å². The zero-order valence-corrected chi connectivity index (χ0v) is 16.4. The van der Waals surface area contributed by atoms with Crippen LogP contribution in [0.2, 0.25) is 0 Å². The van der Waals surface area contributed by atoms with Crippen molar-refractivity contribution in [1.82, 2.24) is 15.0 Å². The van der Waals surface area contributed by atoms with Crippen molar-refractivity contribution in [2.45, 2.75) is 26.3 Å². The molecule has 0 radical (unpaired) electrons. The highest BCUT2D eigenvalue weighted by molar-refractivity contribution is 6.03. The summed E-state index contributed by atoms with van der Waals surface area (Å²) in [6, 6.07) is 15.4. The van der Waals surface area contributed by atoms with Crippen molar-refractivity contribution in [1.29, 1.82) is 0 Å². The molecule has 0 atom stereocenters. The van der Waals surface area contributed by atoms with Gasteiger partial charge in [0.05, 0.1) is 12.2 Å². The molecule has 1 aliphatic heterocycles. The van der Waals surface area contributed by atoms with Gasteiger partial charge in [0.15, 0.2) is 0 Å². The summed E-state index contributed by atoms with van der Waals surface area (Å²) in [6.45, 7) is 4.49. The number of pyridine rings is 1. The molecule has 1 aliphatic rings. The van der Waals surface area contributed by atoms with E-state index in [4.69, 9.17) is 0 Å². The molecular formula is C22H24N6O. The predicted octanol–water partition coefficient (Wildman–Crippen LogP) is 3.64. The van der Waals surface area contributed by atoms with Gasteiger partial charge in [0, 0.05) is 36.7 Å². The van der Waals surface area contributed by atoms with E-state index in [-0.39, 0.29) is 5.91 Å². The first-order valence-electron chi connectivity index (χ1n) is 9.83. The van der Waals surface area contributed by atoms with Gasteiger partial charge < -0.3 is 15.5 Å². The third kappa shape index (κ3) is 4.87. The van der Waals surface area contributed by atoms with E-state index >= 15 is 0 Å². The van der Waals surface area contributed by atoms with Gasteiger partial charge in [-0.1, -0.05) is 6.07 Å². The molecule has 1 aromatic carbocycles. The van der Waals surface area contributed by atoms with E-state index in [1.54, 1.807) is 19.2 Å². The van der Waals surface area contributed by atoms with Crippen molar-refractivity contribution in [2.24, 2.45) is 0 Å². The highest BCUT2D eigenvalue weighted by Crippen LogP contribution is 2.22. The van der Waals surface area contributed by atoms with E-state index in [0.29, 0.717) is 23.9 Å². The lowest BCUT2D eigenvalue weighted by molar-refractivity contribution is 0.102. The largest absolute Gasteiger partial charge is 0.372 e. The van der Waals surface area contributed by atoms with Crippen molar-refractivity contribution in [2.75, 3.05) is 28.6 Å². The Bertz CT molecular complexity index is 968. The predicted molar refractivity (Wildman–Crippen MR) is 114 cm³/mol. The van der Waals surface area contributed by atoms with Crippen LogP contribution in [0.4, 0.5) is 17.2 Å². The number of hydrogen-bond donors (Lipinski definition) is 2. The number of nitrogens with zero attached hydrogens (tertiary/aromatic N) is 4. The summed E-state index contributed by atoms with van der Waals surface area (Å²) in [5.41, 5.74) is 3.16. The molecule has 7 heteroatoms. The Morgan fingerprint density at radius 3 is 2.59 bits per heavy atom. The van der Waals surface area contributed by atoms with Gasteiger partial charge in [-0.25, -0.2) is 9.97 Å². The smallest absolute Gasteiger partial charge is 0.274 e. The number of nitrogens with one attached hydrogen (secondary N) is 2. The van der Waals surface area contributed by atoms with Crippen LogP contribution in [0.1, 0.15) is 34.8 Å². The van der Waals surface area contributed by atoms with E-state index in [9.17, 15) is 4.79 Å². The third-order valence-corrected chi connectivity index (χ3v) is 4.84. The molecule has 0 aliphatic carbocycles. The van der Waals surface area contributed by atoms with E-state index in [0.717, 1.165) is 24.5 Å². The summed E-state index contributed by atoms with van der Waals surface area (Å²) in [5.74, 6) is 0.869. The van der Waals surface area contributed by atoms with Crippen molar-refractivity contribution in [3.63, 3.8) is 0 Å².